The van der Waals surface area contributed by atoms with Crippen LogP contribution in [0.25, 0.3) is 11.0 Å². The van der Waals surface area contributed by atoms with Gasteiger partial charge in [0.15, 0.2) is 0 Å². The number of para-hydroxylation sites is 2. The summed E-state index contributed by atoms with van der Waals surface area (Å²) in [4.78, 5) is 16.4. The number of hydrogen-bond acceptors (Lipinski definition) is 6. The Hall–Kier alpha value is -3.92. The molecule has 0 spiro atoms. The number of pyridine rings is 1. The predicted molar refractivity (Wildman–Crippen MR) is 112 cm³/mol. The number of benzene rings is 1. The van der Waals surface area contributed by atoms with Crippen LogP contribution in [0.4, 0.5) is 5.95 Å². The molecule has 0 saturated heterocycles. The molecule has 2 heterocycles. The van der Waals surface area contributed by atoms with E-state index in [-0.39, 0.29) is 0 Å². The first kappa shape index (κ1) is 18.9. The van der Waals surface area contributed by atoms with E-state index < -0.39 is 0 Å². The average Bonchev–Trinajstić information content (AvgIpc) is 3.10. The lowest BCUT2D eigenvalue weighted by Crippen LogP contribution is -2.10. The van der Waals surface area contributed by atoms with Crippen LogP contribution in [0.5, 0.6) is 0 Å². The van der Waals surface area contributed by atoms with E-state index in [2.05, 4.69) is 32.9 Å². The monoisotopic (exact) mass is 371 g/mol. The molecule has 0 radical (unpaired) electrons. The number of aromatic nitrogens is 3. The summed E-state index contributed by atoms with van der Waals surface area (Å²) in [5.74, 6) is 0.555. The van der Waals surface area contributed by atoms with Gasteiger partial charge in [-0.15, -0.1) is 0 Å². The molecule has 7 nitrogen and oxygen atoms in total. The Morgan fingerprint density at radius 3 is 2.82 bits per heavy atom. The van der Waals surface area contributed by atoms with E-state index in [9.17, 15) is 5.26 Å². The highest BCUT2D eigenvalue weighted by molar-refractivity contribution is 6.03. The summed E-state index contributed by atoms with van der Waals surface area (Å²) in [7, 11) is 0. The molecule has 3 rings (SSSR count). The fourth-order valence-electron chi connectivity index (χ4n) is 2.81. The van der Waals surface area contributed by atoms with Gasteiger partial charge in [0, 0.05) is 29.4 Å². The van der Waals surface area contributed by atoms with Crippen LogP contribution in [-0.4, -0.2) is 20.7 Å². The number of H-pyrrole nitrogens is 1. The minimum Gasteiger partial charge on any atom is -0.400 e. The van der Waals surface area contributed by atoms with Crippen LogP contribution >= 0.6 is 0 Å². The number of nitrogens with two attached hydrogens (primary N) is 1. The van der Waals surface area contributed by atoms with Crippen LogP contribution in [0.15, 0.2) is 71.4 Å². The molecule has 2 aromatic heterocycles. The first-order chi connectivity index (χ1) is 13.5. The third-order valence-corrected chi connectivity index (χ3v) is 4.15. The summed E-state index contributed by atoms with van der Waals surface area (Å²) in [6, 6.07) is 11.7. The maximum atomic E-state index is 9.36. The molecular weight excluding hydrogens is 350 g/mol. The largest absolute Gasteiger partial charge is 0.400 e. The van der Waals surface area contributed by atoms with Gasteiger partial charge in [0.05, 0.1) is 22.3 Å². The van der Waals surface area contributed by atoms with Crippen LogP contribution in [0.3, 0.4) is 0 Å². The van der Waals surface area contributed by atoms with E-state index in [0.29, 0.717) is 35.0 Å². The van der Waals surface area contributed by atoms with Crippen molar-refractivity contribution in [3.05, 3.63) is 77.5 Å². The van der Waals surface area contributed by atoms with Gasteiger partial charge >= 0.3 is 0 Å². The Balaban J connectivity index is 1.94. The number of imidazole rings is 1. The summed E-state index contributed by atoms with van der Waals surface area (Å²) in [5.41, 5.74) is 11.3. The Bertz CT molecular complexity index is 1090. The lowest BCUT2D eigenvalue weighted by Gasteiger charge is -2.12. The topological polar surface area (TPSA) is 116 Å². The van der Waals surface area contributed by atoms with Gasteiger partial charge in [-0.2, -0.15) is 5.26 Å². The molecule has 0 fully saturated rings. The number of nitrogens with one attached hydrogen (secondary N) is 2. The van der Waals surface area contributed by atoms with Crippen molar-refractivity contribution in [1.82, 2.24) is 15.0 Å². The first-order valence-electron chi connectivity index (χ1n) is 8.83. The number of nitriles is 1. The summed E-state index contributed by atoms with van der Waals surface area (Å²) >= 11 is 0. The summed E-state index contributed by atoms with van der Waals surface area (Å²) in [5, 5.41) is 12.5. The second-order valence-corrected chi connectivity index (χ2v) is 6.18. The third kappa shape index (κ3) is 3.91. The molecule has 140 valence electrons. The molecular formula is C21H21N7. The first-order valence-corrected chi connectivity index (χ1v) is 8.83. The normalized spacial score (nSPS) is 12.4. The standard InChI is InChI=1S/C21H21N7/c1-4-17(16-9-10-24-12-15(16)11-22)26-20(13(2)23)14(3)25-21-27-18-7-5-6-8-19(18)28-21/h5-10,12H,3-4,23H2,1-2H3,(H2,25,27,28)/b20-13+,26-17?. The molecule has 0 amide bonds. The van der Waals surface area contributed by atoms with E-state index in [1.54, 1.807) is 19.2 Å². The Labute approximate surface area is 163 Å². The van der Waals surface area contributed by atoms with Crippen LogP contribution in [0, 0.1) is 11.3 Å². The third-order valence-electron chi connectivity index (χ3n) is 4.15. The van der Waals surface area contributed by atoms with Crippen molar-refractivity contribution in [2.24, 2.45) is 10.7 Å². The van der Waals surface area contributed by atoms with Crippen molar-refractivity contribution in [3.8, 4) is 6.07 Å². The highest BCUT2D eigenvalue weighted by Gasteiger charge is 2.13. The van der Waals surface area contributed by atoms with E-state index in [0.717, 1.165) is 22.3 Å². The number of allylic oxidation sites excluding steroid dienone is 1. The highest BCUT2D eigenvalue weighted by Crippen LogP contribution is 2.20. The minimum absolute atomic E-state index is 0.466. The van der Waals surface area contributed by atoms with Gasteiger partial charge in [-0.25, -0.2) is 9.98 Å². The maximum Gasteiger partial charge on any atom is 0.205 e. The zero-order chi connectivity index (χ0) is 20.1. The Morgan fingerprint density at radius 1 is 1.36 bits per heavy atom. The molecule has 0 unspecified atom stereocenters. The number of anilines is 1. The van der Waals surface area contributed by atoms with Gasteiger partial charge < -0.3 is 16.0 Å². The van der Waals surface area contributed by atoms with Crippen molar-refractivity contribution in [2.75, 3.05) is 5.32 Å². The molecule has 0 saturated carbocycles. The van der Waals surface area contributed by atoms with Crippen molar-refractivity contribution < 1.29 is 0 Å². The number of aliphatic imine (C=N–C) groups is 1. The molecule has 0 aliphatic carbocycles. The van der Waals surface area contributed by atoms with E-state index in [1.165, 1.54) is 6.20 Å². The molecule has 7 heteroatoms. The molecule has 1 aromatic carbocycles. The Morgan fingerprint density at radius 2 is 2.14 bits per heavy atom. The van der Waals surface area contributed by atoms with Crippen LogP contribution in [0.2, 0.25) is 0 Å². The molecule has 4 N–H and O–H groups in total. The summed E-state index contributed by atoms with van der Waals surface area (Å²) < 4.78 is 0. The average molecular weight is 371 g/mol. The van der Waals surface area contributed by atoms with Gasteiger partial charge in [0.1, 0.15) is 11.8 Å². The zero-order valence-electron chi connectivity index (χ0n) is 15.8. The number of nitrogens with zero attached hydrogens (tertiary/aromatic N) is 4. The fraction of sp³-hybridized carbons (Fsp3) is 0.143. The predicted octanol–water partition coefficient (Wildman–Crippen LogP) is 3.84. The quantitative estimate of drug-likeness (QED) is 0.450. The molecule has 3 aromatic rings. The maximum absolute atomic E-state index is 9.36. The van der Waals surface area contributed by atoms with Gasteiger partial charge in [-0.1, -0.05) is 25.6 Å². The molecule has 28 heavy (non-hydrogen) atoms. The number of hydrogen-bond donors (Lipinski definition) is 3. The summed E-state index contributed by atoms with van der Waals surface area (Å²) in [6.45, 7) is 7.80. The summed E-state index contributed by atoms with van der Waals surface area (Å²) in [6.07, 6.45) is 3.79. The van der Waals surface area contributed by atoms with E-state index in [4.69, 9.17) is 10.7 Å². The Kier molecular flexibility index (Phi) is 5.51. The van der Waals surface area contributed by atoms with E-state index >= 15 is 0 Å². The molecule has 0 aliphatic heterocycles. The number of aromatic amines is 1. The lowest BCUT2D eigenvalue weighted by atomic mass is 10.0. The van der Waals surface area contributed by atoms with Gasteiger partial charge in [0.2, 0.25) is 5.95 Å². The SMILES string of the molecule is C=C(Nc1nc2ccccc2[nH]1)/C(N=C(CC)c1ccncc1C#N)=C(/C)N. The van der Waals surface area contributed by atoms with Crippen LogP contribution in [-0.2, 0) is 0 Å². The molecule has 0 bridgehead atoms. The van der Waals surface area contributed by atoms with Crippen LogP contribution in [0.1, 0.15) is 31.4 Å². The molecule has 0 aliphatic rings. The van der Waals surface area contributed by atoms with Crippen LogP contribution < -0.4 is 11.1 Å². The van der Waals surface area contributed by atoms with Gasteiger partial charge in [0.25, 0.3) is 0 Å². The van der Waals surface area contributed by atoms with Crippen molar-refractivity contribution in [3.63, 3.8) is 0 Å². The zero-order valence-corrected chi connectivity index (χ0v) is 15.8. The number of fused-ring (bicyclic) bond motifs is 1. The van der Waals surface area contributed by atoms with Gasteiger partial charge in [-0.3, -0.25) is 4.98 Å². The number of rotatable bonds is 6. The highest BCUT2D eigenvalue weighted by atomic mass is 15.1. The minimum atomic E-state index is 0.466. The lowest BCUT2D eigenvalue weighted by molar-refractivity contribution is 1.13. The smallest absolute Gasteiger partial charge is 0.205 e. The van der Waals surface area contributed by atoms with Crippen molar-refractivity contribution >= 4 is 22.7 Å². The second kappa shape index (κ2) is 8.18. The second-order valence-electron chi connectivity index (χ2n) is 6.18. The fourth-order valence-corrected chi connectivity index (χ4v) is 2.81. The van der Waals surface area contributed by atoms with Crippen molar-refractivity contribution in [1.29, 1.82) is 5.26 Å². The van der Waals surface area contributed by atoms with Gasteiger partial charge in [-0.05, 0) is 31.5 Å². The van der Waals surface area contributed by atoms with Crippen molar-refractivity contribution in [2.45, 2.75) is 20.3 Å². The molecule has 0 atom stereocenters. The van der Waals surface area contributed by atoms with E-state index in [1.807, 2.05) is 31.2 Å².